The second-order valence-corrected chi connectivity index (χ2v) is 6.60. The zero-order valence-electron chi connectivity index (χ0n) is 13.4. The molecule has 0 amide bonds. The first-order valence-corrected chi connectivity index (χ1v) is 8.55. The van der Waals surface area contributed by atoms with Crippen LogP contribution in [0.5, 0.6) is 0 Å². The monoisotopic (exact) mass is 287 g/mol. The van der Waals surface area contributed by atoms with Crippen LogP contribution in [0.25, 0.3) is 0 Å². The molecule has 0 aromatic heterocycles. The molecular weight excluding hydrogens is 258 g/mol. The summed E-state index contributed by atoms with van der Waals surface area (Å²) in [5, 5.41) is 3.82. The number of hydrogen-bond donors (Lipinski definition) is 1. The number of aryl methyl sites for hydroxylation is 1. The third-order valence-corrected chi connectivity index (χ3v) is 5.03. The molecule has 1 fully saturated rings. The molecule has 1 aliphatic heterocycles. The highest BCUT2D eigenvalue weighted by Gasteiger charge is 2.18. The van der Waals surface area contributed by atoms with Crippen molar-refractivity contribution < 1.29 is 0 Å². The van der Waals surface area contributed by atoms with Gasteiger partial charge in [-0.1, -0.05) is 30.7 Å². The van der Waals surface area contributed by atoms with Gasteiger partial charge in [-0.3, -0.25) is 4.90 Å². The lowest BCUT2D eigenvalue weighted by Gasteiger charge is -2.32. The zero-order valence-corrected chi connectivity index (χ0v) is 13.4. The molecule has 21 heavy (non-hydrogen) atoms. The van der Waals surface area contributed by atoms with Gasteiger partial charge >= 0.3 is 0 Å². The second-order valence-electron chi connectivity index (χ2n) is 6.60. The molecule has 3 nitrogen and oxygen atoms in total. The van der Waals surface area contributed by atoms with Crippen molar-refractivity contribution in [1.82, 2.24) is 15.1 Å². The van der Waals surface area contributed by atoms with Crippen LogP contribution in [0.4, 0.5) is 0 Å². The van der Waals surface area contributed by atoms with Gasteiger partial charge in [-0.05, 0) is 37.4 Å². The number of rotatable bonds is 4. The minimum Gasteiger partial charge on any atom is -0.309 e. The minimum absolute atomic E-state index is 0.566. The summed E-state index contributed by atoms with van der Waals surface area (Å²) in [5.74, 6) is 0. The Kier molecular flexibility index (Phi) is 5.28. The van der Waals surface area contributed by atoms with Crippen LogP contribution in [0.2, 0.25) is 0 Å². The fourth-order valence-corrected chi connectivity index (χ4v) is 3.60. The Morgan fingerprint density at radius 1 is 1.10 bits per heavy atom. The molecule has 1 atom stereocenters. The van der Waals surface area contributed by atoms with E-state index in [9.17, 15) is 0 Å². The molecule has 1 aromatic carbocycles. The molecule has 3 heteroatoms. The number of fused-ring (bicyclic) bond motifs is 1. The molecule has 0 saturated carbocycles. The van der Waals surface area contributed by atoms with Gasteiger partial charge in [0.2, 0.25) is 0 Å². The Labute approximate surface area is 129 Å². The first-order chi connectivity index (χ1) is 10.3. The van der Waals surface area contributed by atoms with E-state index in [-0.39, 0.29) is 0 Å². The summed E-state index contributed by atoms with van der Waals surface area (Å²) in [6.07, 6.45) is 5.24. The topological polar surface area (TPSA) is 18.5 Å². The second kappa shape index (κ2) is 7.39. The van der Waals surface area contributed by atoms with Crippen molar-refractivity contribution in [2.24, 2.45) is 0 Å². The van der Waals surface area contributed by atoms with Crippen LogP contribution in [-0.2, 0) is 6.42 Å². The highest BCUT2D eigenvalue weighted by molar-refractivity contribution is 5.31. The number of benzene rings is 1. The quantitative estimate of drug-likeness (QED) is 0.857. The molecular formula is C18H29N3. The number of nitrogens with one attached hydrogen (secondary N) is 1. The summed E-state index contributed by atoms with van der Waals surface area (Å²) in [4.78, 5) is 5.01. The normalized spacial score (nSPS) is 24.5. The van der Waals surface area contributed by atoms with Gasteiger partial charge in [-0.15, -0.1) is 0 Å². The molecule has 0 bridgehead atoms. The maximum atomic E-state index is 3.82. The summed E-state index contributed by atoms with van der Waals surface area (Å²) in [5.41, 5.74) is 3.11. The van der Waals surface area contributed by atoms with Crippen molar-refractivity contribution in [3.05, 3.63) is 35.4 Å². The maximum Gasteiger partial charge on any atom is 0.0323 e. The Hall–Kier alpha value is -0.900. The van der Waals surface area contributed by atoms with Crippen LogP contribution in [-0.4, -0.2) is 56.1 Å². The lowest BCUT2D eigenvalue weighted by Crippen LogP contribution is -2.46. The van der Waals surface area contributed by atoms with Crippen molar-refractivity contribution in [3.8, 4) is 0 Å². The van der Waals surface area contributed by atoms with Crippen LogP contribution in [0.1, 0.15) is 36.4 Å². The van der Waals surface area contributed by atoms with E-state index in [1.165, 1.54) is 58.4 Å². The van der Waals surface area contributed by atoms with Crippen LogP contribution in [0, 0.1) is 0 Å². The lowest BCUT2D eigenvalue weighted by molar-refractivity contribution is 0.153. The van der Waals surface area contributed by atoms with Crippen molar-refractivity contribution >= 4 is 0 Å². The molecule has 1 aliphatic carbocycles. The van der Waals surface area contributed by atoms with Gasteiger partial charge in [0.15, 0.2) is 0 Å². The average molecular weight is 287 g/mol. The van der Waals surface area contributed by atoms with Gasteiger partial charge in [0, 0.05) is 45.3 Å². The van der Waals surface area contributed by atoms with E-state index in [0.717, 1.165) is 6.54 Å². The van der Waals surface area contributed by atoms with Crippen molar-refractivity contribution in [1.29, 1.82) is 0 Å². The Morgan fingerprint density at radius 3 is 2.76 bits per heavy atom. The summed E-state index contributed by atoms with van der Waals surface area (Å²) in [7, 11) is 2.22. The summed E-state index contributed by atoms with van der Waals surface area (Å²) >= 11 is 0. The molecule has 1 N–H and O–H groups in total. The summed E-state index contributed by atoms with van der Waals surface area (Å²) in [6, 6.07) is 9.59. The van der Waals surface area contributed by atoms with Crippen LogP contribution in [0.15, 0.2) is 24.3 Å². The first kappa shape index (κ1) is 15.0. The Morgan fingerprint density at radius 2 is 1.90 bits per heavy atom. The van der Waals surface area contributed by atoms with Gasteiger partial charge in [0.1, 0.15) is 0 Å². The number of nitrogens with zero attached hydrogens (tertiary/aromatic N) is 2. The molecule has 1 heterocycles. The van der Waals surface area contributed by atoms with E-state index in [1.807, 2.05) is 0 Å². The SMILES string of the molecule is CN1CCN(CCNC2CCCCc3ccccc32)CC1. The van der Waals surface area contributed by atoms with Crippen LogP contribution >= 0.6 is 0 Å². The van der Waals surface area contributed by atoms with E-state index < -0.39 is 0 Å². The van der Waals surface area contributed by atoms with Gasteiger partial charge in [-0.25, -0.2) is 0 Å². The Bertz CT molecular complexity index is 438. The zero-order chi connectivity index (χ0) is 14.5. The molecule has 0 spiro atoms. The maximum absolute atomic E-state index is 3.82. The lowest BCUT2D eigenvalue weighted by atomic mass is 9.99. The third-order valence-electron chi connectivity index (χ3n) is 5.03. The largest absolute Gasteiger partial charge is 0.309 e. The van der Waals surface area contributed by atoms with Gasteiger partial charge in [0.05, 0.1) is 0 Å². The van der Waals surface area contributed by atoms with Crippen molar-refractivity contribution in [2.75, 3.05) is 46.3 Å². The average Bonchev–Trinajstić information content (AvgIpc) is 2.72. The molecule has 1 saturated heterocycles. The number of piperazine rings is 1. The molecule has 1 aromatic rings. The molecule has 1 unspecified atom stereocenters. The molecule has 116 valence electrons. The fraction of sp³-hybridized carbons (Fsp3) is 0.667. The van der Waals surface area contributed by atoms with E-state index in [1.54, 1.807) is 11.1 Å². The van der Waals surface area contributed by atoms with E-state index >= 15 is 0 Å². The Balaban J connectivity index is 1.51. The fourth-order valence-electron chi connectivity index (χ4n) is 3.60. The van der Waals surface area contributed by atoms with Crippen LogP contribution < -0.4 is 5.32 Å². The van der Waals surface area contributed by atoms with Crippen molar-refractivity contribution in [2.45, 2.75) is 31.7 Å². The smallest absolute Gasteiger partial charge is 0.0323 e. The number of likely N-dealkylation sites (N-methyl/N-ethyl adjacent to an activating group) is 1. The molecule has 3 rings (SSSR count). The predicted octanol–water partition coefficient (Wildman–Crippen LogP) is 2.29. The summed E-state index contributed by atoms with van der Waals surface area (Å²) in [6.45, 7) is 7.17. The summed E-state index contributed by atoms with van der Waals surface area (Å²) < 4.78 is 0. The van der Waals surface area contributed by atoms with E-state index in [4.69, 9.17) is 0 Å². The standard InChI is InChI=1S/C18H29N3/c1-20-12-14-21(15-13-20)11-10-19-18-9-5-3-7-16-6-2-4-8-17(16)18/h2,4,6,8,18-19H,3,5,7,9-15H2,1H3. The first-order valence-electron chi connectivity index (χ1n) is 8.55. The van der Waals surface area contributed by atoms with Gasteiger partial charge in [-0.2, -0.15) is 0 Å². The highest BCUT2D eigenvalue weighted by atomic mass is 15.2. The molecule has 2 aliphatic rings. The minimum atomic E-state index is 0.566. The van der Waals surface area contributed by atoms with Gasteiger partial charge in [0.25, 0.3) is 0 Å². The predicted molar refractivity (Wildman–Crippen MR) is 88.7 cm³/mol. The van der Waals surface area contributed by atoms with Gasteiger partial charge < -0.3 is 10.2 Å². The highest BCUT2D eigenvalue weighted by Crippen LogP contribution is 2.28. The molecule has 0 radical (unpaired) electrons. The van der Waals surface area contributed by atoms with E-state index in [0.29, 0.717) is 6.04 Å². The third kappa shape index (κ3) is 4.06. The van der Waals surface area contributed by atoms with Crippen molar-refractivity contribution in [3.63, 3.8) is 0 Å². The van der Waals surface area contributed by atoms with Crippen LogP contribution in [0.3, 0.4) is 0 Å². The van der Waals surface area contributed by atoms with E-state index in [2.05, 4.69) is 46.4 Å². The number of hydrogen-bond acceptors (Lipinski definition) is 3.